The van der Waals surface area contributed by atoms with Crippen LogP contribution in [0.2, 0.25) is 4.34 Å². The highest BCUT2D eigenvalue weighted by Gasteiger charge is 2.28. The van der Waals surface area contributed by atoms with E-state index in [9.17, 15) is 8.42 Å². The predicted octanol–water partition coefficient (Wildman–Crippen LogP) is 2.63. The Morgan fingerprint density at radius 2 is 2.18 bits per heavy atom. The van der Waals surface area contributed by atoms with Crippen molar-refractivity contribution in [3.05, 3.63) is 16.0 Å². The molecule has 4 nitrogen and oxygen atoms in total. The summed E-state index contributed by atoms with van der Waals surface area (Å²) in [4.78, 5) is 0. The quantitative estimate of drug-likeness (QED) is 0.802. The Labute approximate surface area is 110 Å². The normalized spacial score (nSPS) is 12.1. The number of hydrogen-bond acceptors (Lipinski definition) is 4. The lowest BCUT2D eigenvalue weighted by molar-refractivity contribution is 0.386. The lowest BCUT2D eigenvalue weighted by atomic mass is 10.4. The van der Waals surface area contributed by atoms with Crippen molar-refractivity contribution < 1.29 is 8.42 Å². The average Bonchev–Trinajstić information content (AvgIpc) is 2.55. The van der Waals surface area contributed by atoms with Gasteiger partial charge in [0.05, 0.1) is 10.4 Å². The lowest BCUT2D eigenvalue weighted by Crippen LogP contribution is -2.36. The van der Waals surface area contributed by atoms with E-state index in [1.54, 1.807) is 20.8 Å². The molecule has 0 saturated carbocycles. The number of nitriles is 1. The second-order valence-electron chi connectivity index (χ2n) is 3.82. The van der Waals surface area contributed by atoms with Gasteiger partial charge in [-0.15, -0.1) is 11.3 Å². The predicted molar refractivity (Wildman–Crippen MR) is 68.7 cm³/mol. The topological polar surface area (TPSA) is 61.2 Å². The summed E-state index contributed by atoms with van der Waals surface area (Å²) in [6, 6.07) is 3.14. The molecule has 0 aromatic carbocycles. The fourth-order valence-electron chi connectivity index (χ4n) is 1.29. The molecule has 1 aromatic rings. The van der Waals surface area contributed by atoms with Gasteiger partial charge in [0.25, 0.3) is 10.0 Å². The molecule has 1 aromatic heterocycles. The molecule has 0 amide bonds. The van der Waals surface area contributed by atoms with Gasteiger partial charge in [0.1, 0.15) is 10.8 Å². The Balaban J connectivity index is 3.22. The van der Waals surface area contributed by atoms with Gasteiger partial charge < -0.3 is 0 Å². The molecule has 0 aliphatic carbocycles. The highest BCUT2D eigenvalue weighted by Crippen LogP contribution is 2.32. The smallest absolute Gasteiger partial charge is 0.206 e. The maximum absolute atomic E-state index is 12.3. The average molecular weight is 293 g/mol. The molecule has 0 radical (unpaired) electrons. The molecule has 1 heterocycles. The molecule has 17 heavy (non-hydrogen) atoms. The zero-order chi connectivity index (χ0) is 13.2. The first-order chi connectivity index (χ1) is 7.80. The maximum Gasteiger partial charge on any atom is 0.253 e. The number of halogens is 1. The standard InChI is InChI=1S/C10H13ClN2O2S2/c1-7(2)13(5-4-12)17(14,15)9-6-8(3)10(11)16-9/h6-7H,5H2,1-3H3. The maximum atomic E-state index is 12.3. The summed E-state index contributed by atoms with van der Waals surface area (Å²) in [5.41, 5.74) is 0.732. The summed E-state index contributed by atoms with van der Waals surface area (Å²) in [5, 5.41) is 8.68. The van der Waals surface area contributed by atoms with Crippen LogP contribution in [-0.2, 0) is 10.0 Å². The van der Waals surface area contributed by atoms with Crippen molar-refractivity contribution in [1.29, 1.82) is 5.26 Å². The van der Waals surface area contributed by atoms with Crippen molar-refractivity contribution in [2.24, 2.45) is 0 Å². The number of aryl methyl sites for hydroxylation is 1. The first kappa shape index (κ1) is 14.5. The first-order valence-corrected chi connectivity index (χ1v) is 7.59. The van der Waals surface area contributed by atoms with Crippen molar-refractivity contribution in [3.8, 4) is 6.07 Å². The Hall–Kier alpha value is -0.610. The molecule has 0 atom stereocenters. The van der Waals surface area contributed by atoms with E-state index in [0.717, 1.165) is 21.2 Å². The van der Waals surface area contributed by atoms with Crippen molar-refractivity contribution >= 4 is 33.0 Å². The van der Waals surface area contributed by atoms with Crippen LogP contribution >= 0.6 is 22.9 Å². The molecule has 0 spiro atoms. The third-order valence-electron chi connectivity index (χ3n) is 2.20. The van der Waals surface area contributed by atoms with E-state index < -0.39 is 10.0 Å². The number of nitrogens with zero attached hydrogens (tertiary/aromatic N) is 2. The van der Waals surface area contributed by atoms with Crippen molar-refractivity contribution in [2.75, 3.05) is 6.54 Å². The molecule has 1 rings (SSSR count). The van der Waals surface area contributed by atoms with Gasteiger partial charge >= 0.3 is 0 Å². The van der Waals surface area contributed by atoms with Crippen LogP contribution in [0.3, 0.4) is 0 Å². The van der Waals surface area contributed by atoms with Crippen LogP contribution in [0.1, 0.15) is 19.4 Å². The second kappa shape index (κ2) is 5.36. The fourth-order valence-corrected chi connectivity index (χ4v) is 4.66. The second-order valence-corrected chi connectivity index (χ2v) is 7.60. The summed E-state index contributed by atoms with van der Waals surface area (Å²) in [6.07, 6.45) is 0. The molecular formula is C10H13ClN2O2S2. The van der Waals surface area contributed by atoms with Crippen LogP contribution in [-0.4, -0.2) is 25.3 Å². The molecule has 0 aliphatic rings. The van der Waals surface area contributed by atoms with E-state index in [-0.39, 0.29) is 16.8 Å². The Kier molecular flexibility index (Phi) is 4.55. The van der Waals surface area contributed by atoms with Crippen LogP contribution in [0.15, 0.2) is 10.3 Å². The van der Waals surface area contributed by atoms with E-state index in [4.69, 9.17) is 16.9 Å². The Morgan fingerprint density at radius 3 is 2.53 bits per heavy atom. The van der Waals surface area contributed by atoms with Crippen LogP contribution in [0.4, 0.5) is 0 Å². The minimum atomic E-state index is -3.62. The molecule has 0 bridgehead atoms. The van der Waals surface area contributed by atoms with Gasteiger partial charge in [-0.1, -0.05) is 11.6 Å². The van der Waals surface area contributed by atoms with E-state index in [0.29, 0.717) is 4.34 Å². The van der Waals surface area contributed by atoms with Gasteiger partial charge in [-0.25, -0.2) is 8.42 Å². The zero-order valence-electron chi connectivity index (χ0n) is 9.77. The Morgan fingerprint density at radius 1 is 1.59 bits per heavy atom. The van der Waals surface area contributed by atoms with Crippen LogP contribution < -0.4 is 0 Å². The number of thiophene rings is 1. The minimum absolute atomic E-state index is 0.158. The van der Waals surface area contributed by atoms with E-state index in [1.807, 2.05) is 6.07 Å². The molecule has 94 valence electrons. The van der Waals surface area contributed by atoms with E-state index >= 15 is 0 Å². The SMILES string of the molecule is Cc1cc(S(=O)(=O)N(CC#N)C(C)C)sc1Cl. The Bertz CT molecular complexity index is 524. The molecule has 0 N–H and O–H groups in total. The van der Waals surface area contributed by atoms with Crippen LogP contribution in [0.5, 0.6) is 0 Å². The molecule has 0 fully saturated rings. The van der Waals surface area contributed by atoms with Crippen LogP contribution in [0.25, 0.3) is 0 Å². The van der Waals surface area contributed by atoms with Crippen LogP contribution in [0, 0.1) is 18.3 Å². The molecule has 0 aliphatic heterocycles. The molecule has 0 unspecified atom stereocenters. The van der Waals surface area contributed by atoms with E-state index in [2.05, 4.69) is 0 Å². The fraction of sp³-hybridized carbons (Fsp3) is 0.500. The highest BCUT2D eigenvalue weighted by atomic mass is 35.5. The molecule has 0 saturated heterocycles. The first-order valence-electron chi connectivity index (χ1n) is 4.95. The van der Waals surface area contributed by atoms with Crippen molar-refractivity contribution in [3.63, 3.8) is 0 Å². The van der Waals surface area contributed by atoms with Gasteiger partial charge in [-0.05, 0) is 32.4 Å². The van der Waals surface area contributed by atoms with Gasteiger partial charge in [0.2, 0.25) is 0 Å². The van der Waals surface area contributed by atoms with Crippen molar-refractivity contribution in [2.45, 2.75) is 31.0 Å². The summed E-state index contributed by atoms with van der Waals surface area (Å²) in [6.45, 7) is 5.06. The minimum Gasteiger partial charge on any atom is -0.206 e. The number of rotatable bonds is 4. The molecule has 7 heteroatoms. The van der Waals surface area contributed by atoms with Gasteiger partial charge in [-0.2, -0.15) is 9.57 Å². The highest BCUT2D eigenvalue weighted by molar-refractivity contribution is 7.91. The number of sulfonamides is 1. The monoisotopic (exact) mass is 292 g/mol. The summed E-state index contributed by atoms with van der Waals surface area (Å²) in [7, 11) is -3.62. The lowest BCUT2D eigenvalue weighted by Gasteiger charge is -2.21. The van der Waals surface area contributed by atoms with Gasteiger partial charge in [0, 0.05) is 6.04 Å². The summed E-state index contributed by atoms with van der Waals surface area (Å²) in [5.74, 6) is 0. The summed E-state index contributed by atoms with van der Waals surface area (Å²) < 4.78 is 26.3. The van der Waals surface area contributed by atoms with Crippen molar-refractivity contribution in [1.82, 2.24) is 4.31 Å². The third-order valence-corrected chi connectivity index (χ3v) is 6.23. The summed E-state index contributed by atoms with van der Waals surface area (Å²) >= 11 is 6.89. The van der Waals surface area contributed by atoms with Gasteiger partial charge in [0.15, 0.2) is 0 Å². The number of hydrogen-bond donors (Lipinski definition) is 0. The van der Waals surface area contributed by atoms with E-state index in [1.165, 1.54) is 6.07 Å². The third kappa shape index (κ3) is 2.99. The zero-order valence-corrected chi connectivity index (χ0v) is 12.2. The molecular weight excluding hydrogens is 280 g/mol. The largest absolute Gasteiger partial charge is 0.253 e. The van der Waals surface area contributed by atoms with Gasteiger partial charge in [-0.3, -0.25) is 0 Å².